The molecule has 0 aromatic carbocycles. The molecule has 100 valence electrons. The molecule has 1 amide bonds. The van der Waals surface area contributed by atoms with Gasteiger partial charge in [0.15, 0.2) is 0 Å². The van der Waals surface area contributed by atoms with Gasteiger partial charge in [-0.1, -0.05) is 13.3 Å². The highest BCUT2D eigenvalue weighted by Crippen LogP contribution is 2.18. The number of hydrogen-bond donors (Lipinski definition) is 1. The summed E-state index contributed by atoms with van der Waals surface area (Å²) in [6.45, 7) is 5.44. The Kier molecular flexibility index (Phi) is 5.92. The maximum absolute atomic E-state index is 11.4. The Labute approximate surface area is 105 Å². The maximum Gasteiger partial charge on any atom is 0.222 e. The Balaban J connectivity index is 2.22. The van der Waals surface area contributed by atoms with Crippen molar-refractivity contribution in [2.75, 3.05) is 33.7 Å². The maximum atomic E-state index is 11.4. The van der Waals surface area contributed by atoms with Crippen LogP contribution in [0.25, 0.3) is 0 Å². The van der Waals surface area contributed by atoms with Gasteiger partial charge in [-0.05, 0) is 31.8 Å². The molecule has 2 unspecified atom stereocenters. The highest BCUT2D eigenvalue weighted by atomic mass is 16.2. The van der Waals surface area contributed by atoms with Gasteiger partial charge in [-0.2, -0.15) is 0 Å². The zero-order valence-electron chi connectivity index (χ0n) is 11.5. The number of rotatable bonds is 5. The smallest absolute Gasteiger partial charge is 0.222 e. The van der Waals surface area contributed by atoms with E-state index in [4.69, 9.17) is 5.73 Å². The summed E-state index contributed by atoms with van der Waals surface area (Å²) in [4.78, 5) is 15.6. The van der Waals surface area contributed by atoms with Crippen molar-refractivity contribution in [1.29, 1.82) is 0 Å². The predicted molar refractivity (Wildman–Crippen MR) is 70.7 cm³/mol. The average molecular weight is 241 g/mol. The number of nitrogens with zero attached hydrogens (tertiary/aromatic N) is 2. The molecule has 0 bridgehead atoms. The lowest BCUT2D eigenvalue weighted by molar-refractivity contribution is -0.128. The van der Waals surface area contributed by atoms with Gasteiger partial charge in [0.25, 0.3) is 0 Å². The van der Waals surface area contributed by atoms with Crippen molar-refractivity contribution in [3.05, 3.63) is 0 Å². The minimum atomic E-state index is 0.228. The quantitative estimate of drug-likeness (QED) is 0.778. The van der Waals surface area contributed by atoms with Crippen molar-refractivity contribution in [2.24, 2.45) is 11.7 Å². The Bertz CT molecular complexity index is 243. The summed E-state index contributed by atoms with van der Waals surface area (Å²) >= 11 is 0. The Hall–Kier alpha value is -0.610. The highest BCUT2D eigenvalue weighted by molar-refractivity contribution is 5.75. The second-order valence-electron chi connectivity index (χ2n) is 5.31. The third kappa shape index (κ3) is 4.64. The van der Waals surface area contributed by atoms with Gasteiger partial charge < -0.3 is 15.5 Å². The third-order valence-electron chi connectivity index (χ3n) is 3.77. The summed E-state index contributed by atoms with van der Waals surface area (Å²) in [6, 6.07) is 0.375. The Morgan fingerprint density at radius 3 is 2.76 bits per heavy atom. The van der Waals surface area contributed by atoms with E-state index in [2.05, 4.69) is 11.8 Å². The number of carbonyl (C=O) groups is 1. The van der Waals surface area contributed by atoms with Crippen LogP contribution in [0, 0.1) is 5.92 Å². The second kappa shape index (κ2) is 6.97. The van der Waals surface area contributed by atoms with E-state index in [1.165, 1.54) is 0 Å². The number of carbonyl (C=O) groups excluding carboxylic acids is 1. The summed E-state index contributed by atoms with van der Waals surface area (Å²) in [7, 11) is 3.63. The molecule has 1 aliphatic rings. The molecular weight excluding hydrogens is 214 g/mol. The van der Waals surface area contributed by atoms with E-state index in [0.717, 1.165) is 38.9 Å². The van der Waals surface area contributed by atoms with Crippen LogP contribution in [0.2, 0.25) is 0 Å². The molecule has 1 saturated heterocycles. The molecule has 0 aromatic heterocycles. The topological polar surface area (TPSA) is 49.6 Å². The molecule has 0 aromatic rings. The van der Waals surface area contributed by atoms with E-state index in [1.54, 1.807) is 4.90 Å². The second-order valence-corrected chi connectivity index (χ2v) is 5.31. The summed E-state index contributed by atoms with van der Waals surface area (Å²) in [6.07, 6.45) is 3.88. The van der Waals surface area contributed by atoms with Crippen LogP contribution >= 0.6 is 0 Å². The number of piperidine rings is 1. The van der Waals surface area contributed by atoms with Crippen molar-refractivity contribution in [3.8, 4) is 0 Å². The van der Waals surface area contributed by atoms with Crippen LogP contribution in [0.15, 0.2) is 0 Å². The molecule has 0 saturated carbocycles. The van der Waals surface area contributed by atoms with E-state index in [-0.39, 0.29) is 5.91 Å². The molecule has 1 fully saturated rings. The molecule has 0 aliphatic carbocycles. The summed E-state index contributed by atoms with van der Waals surface area (Å²) in [5, 5.41) is 0. The van der Waals surface area contributed by atoms with Crippen LogP contribution in [0.3, 0.4) is 0 Å². The Morgan fingerprint density at radius 2 is 2.18 bits per heavy atom. The molecule has 1 heterocycles. The third-order valence-corrected chi connectivity index (χ3v) is 3.77. The molecular formula is C13H27N3O. The highest BCUT2D eigenvalue weighted by Gasteiger charge is 2.24. The van der Waals surface area contributed by atoms with Gasteiger partial charge in [-0.3, -0.25) is 4.79 Å². The molecule has 0 spiro atoms. The minimum absolute atomic E-state index is 0.228. The molecule has 1 rings (SSSR count). The minimum Gasteiger partial charge on any atom is -0.349 e. The van der Waals surface area contributed by atoms with Crippen molar-refractivity contribution in [2.45, 2.75) is 38.6 Å². The molecule has 2 atom stereocenters. The van der Waals surface area contributed by atoms with Crippen LogP contribution in [0.5, 0.6) is 0 Å². The van der Waals surface area contributed by atoms with Crippen LogP contribution in [-0.2, 0) is 4.79 Å². The summed E-state index contributed by atoms with van der Waals surface area (Å²) < 4.78 is 0. The normalized spacial score (nSPS) is 25.9. The van der Waals surface area contributed by atoms with E-state index >= 15 is 0 Å². The fourth-order valence-electron chi connectivity index (χ4n) is 2.44. The SMILES string of the molecule is CCC1CN(CCCC(=O)N(C)C)CCC1N. The van der Waals surface area contributed by atoms with Crippen LogP contribution in [0.4, 0.5) is 0 Å². The lowest BCUT2D eigenvalue weighted by atomic mass is 9.90. The first kappa shape index (κ1) is 14.5. The van der Waals surface area contributed by atoms with Gasteiger partial charge in [0.2, 0.25) is 5.91 Å². The van der Waals surface area contributed by atoms with Crippen molar-refractivity contribution in [3.63, 3.8) is 0 Å². The van der Waals surface area contributed by atoms with Gasteiger partial charge >= 0.3 is 0 Å². The van der Waals surface area contributed by atoms with Gasteiger partial charge in [0.05, 0.1) is 0 Å². The van der Waals surface area contributed by atoms with Crippen molar-refractivity contribution < 1.29 is 4.79 Å². The van der Waals surface area contributed by atoms with Crippen LogP contribution in [-0.4, -0.2) is 55.5 Å². The first-order valence-corrected chi connectivity index (χ1v) is 6.72. The van der Waals surface area contributed by atoms with Gasteiger partial charge in [-0.15, -0.1) is 0 Å². The number of likely N-dealkylation sites (tertiary alicyclic amines) is 1. The fraction of sp³-hybridized carbons (Fsp3) is 0.923. The van der Waals surface area contributed by atoms with Gasteiger partial charge in [-0.25, -0.2) is 0 Å². The standard InChI is InChI=1S/C13H27N3O/c1-4-11-10-16(9-7-12(11)14)8-5-6-13(17)15(2)3/h11-12H,4-10,14H2,1-3H3. The molecule has 2 N–H and O–H groups in total. The van der Waals surface area contributed by atoms with Crippen molar-refractivity contribution >= 4 is 5.91 Å². The largest absolute Gasteiger partial charge is 0.349 e. The number of nitrogens with two attached hydrogens (primary N) is 1. The molecule has 0 radical (unpaired) electrons. The molecule has 17 heavy (non-hydrogen) atoms. The zero-order chi connectivity index (χ0) is 12.8. The lowest BCUT2D eigenvalue weighted by Crippen LogP contribution is -2.47. The summed E-state index contributed by atoms with van der Waals surface area (Å²) in [5.41, 5.74) is 6.08. The average Bonchev–Trinajstić information content (AvgIpc) is 2.31. The molecule has 4 heteroatoms. The zero-order valence-corrected chi connectivity index (χ0v) is 11.5. The van der Waals surface area contributed by atoms with E-state index in [9.17, 15) is 4.79 Å². The fourth-order valence-corrected chi connectivity index (χ4v) is 2.44. The van der Waals surface area contributed by atoms with Crippen LogP contribution in [0.1, 0.15) is 32.6 Å². The predicted octanol–water partition coefficient (Wildman–Crippen LogP) is 0.914. The summed E-state index contributed by atoms with van der Waals surface area (Å²) in [5.74, 6) is 0.860. The van der Waals surface area contributed by atoms with E-state index in [1.807, 2.05) is 14.1 Å². The van der Waals surface area contributed by atoms with Crippen molar-refractivity contribution in [1.82, 2.24) is 9.80 Å². The van der Waals surface area contributed by atoms with Crippen LogP contribution < -0.4 is 5.73 Å². The lowest BCUT2D eigenvalue weighted by Gasteiger charge is -2.36. The van der Waals surface area contributed by atoms with Gasteiger partial charge in [0, 0.05) is 33.1 Å². The molecule has 1 aliphatic heterocycles. The molecule has 4 nitrogen and oxygen atoms in total. The Morgan fingerprint density at radius 1 is 1.47 bits per heavy atom. The van der Waals surface area contributed by atoms with E-state index < -0.39 is 0 Å². The van der Waals surface area contributed by atoms with E-state index in [0.29, 0.717) is 18.4 Å². The monoisotopic (exact) mass is 241 g/mol. The first-order chi connectivity index (χ1) is 8.04. The number of hydrogen-bond acceptors (Lipinski definition) is 3. The van der Waals surface area contributed by atoms with Gasteiger partial charge in [0.1, 0.15) is 0 Å². The number of amides is 1. The first-order valence-electron chi connectivity index (χ1n) is 6.72.